The highest BCUT2D eigenvalue weighted by atomic mass is 35.5. The van der Waals surface area contributed by atoms with Crippen LogP contribution in [-0.4, -0.2) is 82.2 Å². The largest absolute Gasteiger partial charge is 0.413 e. The van der Waals surface area contributed by atoms with Crippen molar-refractivity contribution in [3.8, 4) is 0 Å². The molecule has 3 rings (SSSR count). The van der Waals surface area contributed by atoms with E-state index in [-0.39, 0.29) is 29.2 Å². The third kappa shape index (κ3) is 9.67. The van der Waals surface area contributed by atoms with Crippen LogP contribution in [0.1, 0.15) is 51.3 Å². The van der Waals surface area contributed by atoms with Gasteiger partial charge in [0.2, 0.25) is 15.9 Å². The molecule has 1 heterocycles. The zero-order valence-electron chi connectivity index (χ0n) is 25.7. The Morgan fingerprint density at radius 3 is 2.48 bits per heavy atom. The summed E-state index contributed by atoms with van der Waals surface area (Å²) in [6.45, 7) is 14.1. The number of carbonyl (C=O) groups is 1. The van der Waals surface area contributed by atoms with Crippen LogP contribution in [0.2, 0.25) is 28.2 Å². The van der Waals surface area contributed by atoms with Crippen LogP contribution in [-0.2, 0) is 25.7 Å². The topological polar surface area (TPSA) is 99.2 Å². The predicted octanol–water partition coefficient (Wildman–Crippen LogP) is 5.95. The molecule has 0 saturated carbocycles. The first kappa shape index (κ1) is 34.8. The van der Waals surface area contributed by atoms with Gasteiger partial charge in [0.15, 0.2) is 8.32 Å². The van der Waals surface area contributed by atoms with Gasteiger partial charge in [0, 0.05) is 32.4 Å². The van der Waals surface area contributed by atoms with E-state index < -0.39 is 30.5 Å². The van der Waals surface area contributed by atoms with Gasteiger partial charge in [-0.25, -0.2) is 8.42 Å². The number of hydrogen-bond acceptors (Lipinski definition) is 6. The van der Waals surface area contributed by atoms with Crippen LogP contribution < -0.4 is 4.72 Å². The van der Waals surface area contributed by atoms with Gasteiger partial charge in [-0.15, -0.1) is 0 Å². The van der Waals surface area contributed by atoms with Crippen molar-refractivity contribution in [3.63, 3.8) is 0 Å². The van der Waals surface area contributed by atoms with Crippen molar-refractivity contribution >= 4 is 53.1 Å². The number of benzene rings is 2. The number of β-amino-alcohol motifs (C(OH)–C–C–N with tert-alkyl or cyclic N) is 1. The molecular weight excluding hydrogens is 613 g/mol. The Labute approximate surface area is 262 Å². The summed E-state index contributed by atoms with van der Waals surface area (Å²) in [4.78, 5) is 17.2. The molecule has 234 valence electrons. The Kier molecular flexibility index (Phi) is 11.6. The average Bonchev–Trinajstić information content (AvgIpc) is 3.27. The quantitative estimate of drug-likeness (QED) is 0.274. The van der Waals surface area contributed by atoms with Gasteiger partial charge < -0.3 is 14.4 Å². The van der Waals surface area contributed by atoms with E-state index in [0.29, 0.717) is 41.8 Å². The summed E-state index contributed by atoms with van der Waals surface area (Å²) in [6, 6.07) is 11.9. The number of rotatable bonds is 12. The normalized spacial score (nSPS) is 18.1. The maximum absolute atomic E-state index is 13.4. The summed E-state index contributed by atoms with van der Waals surface area (Å²) in [6.07, 6.45) is -0.0734. The van der Waals surface area contributed by atoms with Crippen molar-refractivity contribution < 1.29 is 22.7 Å². The number of likely N-dealkylation sites (tertiary alicyclic amines) is 1. The number of sulfonamides is 1. The summed E-state index contributed by atoms with van der Waals surface area (Å²) in [5.41, 5.74) is 1.95. The number of nitrogens with zero attached hydrogens (tertiary/aromatic N) is 2. The summed E-state index contributed by atoms with van der Waals surface area (Å²) < 4.78 is 35.3. The highest BCUT2D eigenvalue weighted by Gasteiger charge is 2.39. The van der Waals surface area contributed by atoms with Gasteiger partial charge in [0.25, 0.3) is 0 Å². The average molecular weight is 659 g/mol. The molecule has 1 unspecified atom stereocenters. The molecule has 1 saturated heterocycles. The third-order valence-electron chi connectivity index (χ3n) is 8.18. The fourth-order valence-electron chi connectivity index (χ4n) is 4.85. The van der Waals surface area contributed by atoms with E-state index in [0.717, 1.165) is 11.1 Å². The number of amides is 1. The Hall–Kier alpha value is -1.66. The lowest BCUT2D eigenvalue weighted by molar-refractivity contribution is -0.131. The summed E-state index contributed by atoms with van der Waals surface area (Å²) >= 11 is 12.2. The second-order valence-electron chi connectivity index (χ2n) is 12.8. The molecule has 2 aromatic rings. The number of carbonyl (C=O) groups excluding carboxylic acids is 1. The van der Waals surface area contributed by atoms with Gasteiger partial charge in [-0.1, -0.05) is 62.2 Å². The molecule has 8 nitrogen and oxygen atoms in total. The highest BCUT2D eigenvalue weighted by Crippen LogP contribution is 2.37. The van der Waals surface area contributed by atoms with Gasteiger partial charge in [0.1, 0.15) is 0 Å². The molecule has 2 N–H and O–H groups in total. The van der Waals surface area contributed by atoms with Crippen LogP contribution in [0.5, 0.6) is 0 Å². The Bertz CT molecular complexity index is 1350. The van der Waals surface area contributed by atoms with E-state index in [1.807, 2.05) is 6.07 Å². The van der Waals surface area contributed by atoms with E-state index in [1.165, 1.54) is 0 Å². The number of anilines is 1. The van der Waals surface area contributed by atoms with E-state index in [1.54, 1.807) is 55.3 Å². The van der Waals surface area contributed by atoms with Gasteiger partial charge >= 0.3 is 0 Å². The number of nitrogens with one attached hydrogen (secondary N) is 1. The highest BCUT2D eigenvalue weighted by molar-refractivity contribution is 7.92. The number of likely N-dealkylation sites (N-methyl/N-ethyl adjacent to an activating group) is 1. The van der Waals surface area contributed by atoms with E-state index in [2.05, 4.69) is 43.5 Å². The second-order valence-corrected chi connectivity index (χ2v) is 20.2. The maximum Gasteiger partial charge on any atom is 0.235 e. The SMILES string of the molecule is CC(CS(=O)(=O)Nc1cccc([C@@H](CN2CC[C@@H](O)C2)N(C)C(=O)Cc2ccc(Cl)c(Cl)c2)c1)O[Si](C)(C)C(C)(C)C. The van der Waals surface area contributed by atoms with Crippen LogP contribution in [0.3, 0.4) is 0 Å². The van der Waals surface area contributed by atoms with Crippen molar-refractivity contribution in [3.05, 3.63) is 63.6 Å². The molecule has 12 heteroatoms. The lowest BCUT2D eigenvalue weighted by atomic mass is 10.0. The maximum atomic E-state index is 13.4. The second kappa shape index (κ2) is 14.0. The molecule has 0 bridgehead atoms. The van der Waals surface area contributed by atoms with E-state index in [9.17, 15) is 18.3 Å². The monoisotopic (exact) mass is 657 g/mol. The van der Waals surface area contributed by atoms with Crippen molar-refractivity contribution in [2.75, 3.05) is 37.2 Å². The van der Waals surface area contributed by atoms with Crippen LogP contribution in [0.15, 0.2) is 42.5 Å². The van der Waals surface area contributed by atoms with Crippen molar-refractivity contribution in [1.29, 1.82) is 0 Å². The Morgan fingerprint density at radius 1 is 1.19 bits per heavy atom. The molecule has 0 radical (unpaired) electrons. The minimum Gasteiger partial charge on any atom is -0.413 e. The summed E-state index contributed by atoms with van der Waals surface area (Å²) in [5, 5.41) is 10.9. The minimum atomic E-state index is -3.71. The smallest absolute Gasteiger partial charge is 0.235 e. The lowest BCUT2D eigenvalue weighted by Crippen LogP contribution is -2.45. The lowest BCUT2D eigenvalue weighted by Gasteiger charge is -2.38. The molecule has 0 aliphatic carbocycles. The van der Waals surface area contributed by atoms with Crippen LogP contribution in [0.4, 0.5) is 5.69 Å². The molecular formula is C30H45Cl2N3O5SSi. The summed E-state index contributed by atoms with van der Waals surface area (Å²) in [5.74, 6) is -0.290. The van der Waals surface area contributed by atoms with E-state index in [4.69, 9.17) is 27.6 Å². The zero-order chi connectivity index (χ0) is 31.5. The standard InChI is InChI=1S/C30H45Cl2N3O5SSi/c1-21(40-42(6,7)30(2,3)4)20-41(38,39)33-24-10-8-9-23(17-24)28(19-35-14-13-25(36)18-35)34(5)29(37)16-22-11-12-26(31)27(32)15-22/h8-12,15,17,21,25,28,33,36H,13-14,16,18-20H2,1-7H3/t21?,25-,28-/m1/s1. The molecule has 1 aliphatic rings. The molecule has 0 spiro atoms. The first-order chi connectivity index (χ1) is 19.4. The van der Waals surface area contributed by atoms with Gasteiger partial charge in [-0.2, -0.15) is 0 Å². The minimum absolute atomic E-state index is 0.0313. The fourth-order valence-corrected chi connectivity index (χ4v) is 7.99. The molecule has 3 atom stereocenters. The molecule has 1 amide bonds. The molecule has 42 heavy (non-hydrogen) atoms. The Morgan fingerprint density at radius 2 is 1.88 bits per heavy atom. The molecule has 1 aliphatic heterocycles. The fraction of sp³-hybridized carbons (Fsp3) is 0.567. The molecule has 0 aromatic heterocycles. The number of aliphatic hydroxyl groups is 1. The van der Waals surface area contributed by atoms with Crippen LogP contribution in [0.25, 0.3) is 0 Å². The van der Waals surface area contributed by atoms with Gasteiger partial charge in [0.05, 0.1) is 40.5 Å². The first-order valence-corrected chi connectivity index (χ1v) is 19.6. The molecule has 2 aromatic carbocycles. The number of halogens is 2. The van der Waals surface area contributed by atoms with Gasteiger partial charge in [-0.3, -0.25) is 14.4 Å². The first-order valence-electron chi connectivity index (χ1n) is 14.2. The van der Waals surface area contributed by atoms with E-state index >= 15 is 0 Å². The van der Waals surface area contributed by atoms with Gasteiger partial charge in [-0.05, 0) is 66.9 Å². The molecule has 1 fully saturated rings. The zero-order valence-corrected chi connectivity index (χ0v) is 29.0. The van der Waals surface area contributed by atoms with Crippen molar-refractivity contribution in [2.45, 2.75) is 76.9 Å². The van der Waals surface area contributed by atoms with Crippen LogP contribution >= 0.6 is 23.2 Å². The number of aliphatic hydroxyl groups excluding tert-OH is 1. The van der Waals surface area contributed by atoms with Crippen molar-refractivity contribution in [2.24, 2.45) is 0 Å². The number of hydrogen-bond donors (Lipinski definition) is 2. The third-order valence-corrected chi connectivity index (χ3v) is 15.0. The van der Waals surface area contributed by atoms with Crippen molar-refractivity contribution in [1.82, 2.24) is 9.80 Å². The predicted molar refractivity (Wildman–Crippen MR) is 174 cm³/mol. The summed E-state index contributed by atoms with van der Waals surface area (Å²) in [7, 11) is -4.10. The Balaban J connectivity index is 1.80. The van der Waals surface area contributed by atoms with Crippen LogP contribution in [0, 0.1) is 0 Å².